The van der Waals surface area contributed by atoms with Crippen LogP contribution in [0.4, 0.5) is 17.5 Å². The van der Waals surface area contributed by atoms with Gasteiger partial charge in [0.05, 0.1) is 27.7 Å². The first-order chi connectivity index (χ1) is 19.2. The van der Waals surface area contributed by atoms with Gasteiger partial charge in [-0.25, -0.2) is 18.4 Å². The summed E-state index contributed by atoms with van der Waals surface area (Å²) in [5.41, 5.74) is 8.21. The number of hydrogen-bond donors (Lipinski definition) is 3. The molecular weight excluding hydrogens is 550 g/mol. The van der Waals surface area contributed by atoms with Crippen molar-refractivity contribution in [1.82, 2.24) is 19.5 Å². The first kappa shape index (κ1) is 26.9. The summed E-state index contributed by atoms with van der Waals surface area (Å²) < 4.78 is 27.9. The lowest BCUT2D eigenvalue weighted by atomic mass is 10.1. The molecule has 0 fully saturated rings. The highest BCUT2D eigenvalue weighted by molar-refractivity contribution is 7.95. The van der Waals surface area contributed by atoms with Crippen LogP contribution >= 0.6 is 11.6 Å². The van der Waals surface area contributed by atoms with Gasteiger partial charge in [0.25, 0.3) is 15.6 Å². The Morgan fingerprint density at radius 2 is 1.80 bits per heavy atom. The average Bonchev–Trinajstić information content (AvgIpc) is 2.93. The van der Waals surface area contributed by atoms with Crippen molar-refractivity contribution in [2.45, 2.75) is 13.0 Å². The van der Waals surface area contributed by atoms with Crippen LogP contribution in [0.2, 0.25) is 5.02 Å². The number of nitrogens with zero attached hydrogens (tertiary/aromatic N) is 4. The van der Waals surface area contributed by atoms with Gasteiger partial charge in [0.15, 0.2) is 0 Å². The molecule has 0 unspecified atom stereocenters. The average molecular weight is 574 g/mol. The number of hydrogen-bond acceptors (Lipinski definition) is 8. The smallest absolute Gasteiger partial charge is 0.267 e. The zero-order chi connectivity index (χ0) is 28.4. The van der Waals surface area contributed by atoms with Crippen molar-refractivity contribution in [3.8, 4) is 16.8 Å². The Bertz CT molecular complexity index is 1910. The number of fused-ring (bicyclic) bond motifs is 1. The van der Waals surface area contributed by atoms with Crippen molar-refractivity contribution in [2.24, 2.45) is 0 Å². The Morgan fingerprint density at radius 3 is 2.55 bits per heavy atom. The van der Waals surface area contributed by atoms with Gasteiger partial charge in [-0.1, -0.05) is 54.6 Å². The van der Waals surface area contributed by atoms with Gasteiger partial charge in [0.2, 0.25) is 5.95 Å². The number of nitrogen functional groups attached to an aromatic ring is 1. The SMILES string of the molecule is C=CS(=O)(=O)Nc1cccc(-c2cnc(N)nc2N[C@@H](C)c2nc3cccc(Cl)c3c(=O)n2-c2ccccc2)c1. The van der Waals surface area contributed by atoms with E-state index in [1.165, 1.54) is 10.8 Å². The molecule has 0 bridgehead atoms. The predicted molar refractivity (Wildman–Crippen MR) is 159 cm³/mol. The number of benzene rings is 3. The van der Waals surface area contributed by atoms with Crippen LogP contribution < -0.4 is 21.3 Å². The van der Waals surface area contributed by atoms with Crippen molar-refractivity contribution in [3.05, 3.63) is 112 Å². The quantitative estimate of drug-likeness (QED) is 0.231. The Balaban J connectivity index is 1.62. The minimum atomic E-state index is -3.70. The maximum atomic E-state index is 13.7. The van der Waals surface area contributed by atoms with Crippen LogP contribution in [0.25, 0.3) is 27.7 Å². The molecule has 2 aromatic heterocycles. The molecule has 0 radical (unpaired) electrons. The van der Waals surface area contributed by atoms with E-state index >= 15 is 0 Å². The third-order valence-corrected chi connectivity index (χ3v) is 7.36. The van der Waals surface area contributed by atoms with Gasteiger partial charge in [-0.3, -0.25) is 14.1 Å². The molecule has 40 heavy (non-hydrogen) atoms. The van der Waals surface area contributed by atoms with Crippen molar-refractivity contribution in [1.29, 1.82) is 0 Å². The van der Waals surface area contributed by atoms with E-state index in [-0.39, 0.29) is 11.5 Å². The lowest BCUT2D eigenvalue weighted by Gasteiger charge is -2.21. The van der Waals surface area contributed by atoms with Crippen LogP contribution in [0.5, 0.6) is 0 Å². The monoisotopic (exact) mass is 573 g/mol. The number of rotatable bonds is 8. The van der Waals surface area contributed by atoms with E-state index in [2.05, 4.69) is 26.6 Å². The van der Waals surface area contributed by atoms with Crippen LogP contribution in [-0.4, -0.2) is 27.9 Å². The minimum absolute atomic E-state index is 0.0284. The number of para-hydroxylation sites is 1. The molecule has 0 spiro atoms. The Kier molecular flexibility index (Phi) is 7.24. The topological polar surface area (TPSA) is 145 Å². The third-order valence-electron chi connectivity index (χ3n) is 6.09. The lowest BCUT2D eigenvalue weighted by Crippen LogP contribution is -2.27. The van der Waals surface area contributed by atoms with Crippen molar-refractivity contribution in [3.63, 3.8) is 0 Å². The Hall–Kier alpha value is -4.74. The molecule has 0 amide bonds. The van der Waals surface area contributed by atoms with Gasteiger partial charge in [0, 0.05) is 22.9 Å². The van der Waals surface area contributed by atoms with Crippen LogP contribution in [0.3, 0.4) is 0 Å². The number of nitrogens with one attached hydrogen (secondary N) is 2. The second-order valence-electron chi connectivity index (χ2n) is 8.83. The van der Waals surface area contributed by atoms with Gasteiger partial charge in [-0.05, 0) is 48.9 Å². The number of aromatic nitrogens is 4. The number of anilines is 3. The molecule has 5 aromatic rings. The maximum absolute atomic E-state index is 13.7. The molecule has 0 aliphatic rings. The minimum Gasteiger partial charge on any atom is -0.368 e. The summed E-state index contributed by atoms with van der Waals surface area (Å²) in [7, 11) is -3.70. The Labute approximate surface area is 235 Å². The van der Waals surface area contributed by atoms with E-state index in [0.29, 0.717) is 50.1 Å². The molecule has 1 atom stereocenters. The molecule has 2 heterocycles. The summed E-state index contributed by atoms with van der Waals surface area (Å²) in [6.07, 6.45) is 1.54. The molecule has 202 valence electrons. The molecule has 0 aliphatic heterocycles. The van der Waals surface area contributed by atoms with E-state index < -0.39 is 16.1 Å². The van der Waals surface area contributed by atoms with E-state index in [0.717, 1.165) is 5.41 Å². The van der Waals surface area contributed by atoms with Gasteiger partial charge < -0.3 is 11.1 Å². The molecule has 0 saturated carbocycles. The Morgan fingerprint density at radius 1 is 1.05 bits per heavy atom. The molecular formula is C28H24ClN7O3S. The summed E-state index contributed by atoms with van der Waals surface area (Å²) in [5.74, 6) is 0.811. The van der Waals surface area contributed by atoms with Gasteiger partial charge in [0.1, 0.15) is 11.6 Å². The van der Waals surface area contributed by atoms with E-state index in [9.17, 15) is 13.2 Å². The van der Waals surface area contributed by atoms with E-state index in [1.54, 1.807) is 42.5 Å². The van der Waals surface area contributed by atoms with Crippen LogP contribution in [0.15, 0.2) is 95.8 Å². The summed E-state index contributed by atoms with van der Waals surface area (Å²) >= 11 is 6.40. The van der Waals surface area contributed by atoms with Crippen molar-refractivity contribution in [2.75, 3.05) is 15.8 Å². The maximum Gasteiger partial charge on any atom is 0.267 e. The standard InChI is InChI=1S/C28H24ClN7O3S/c1-3-40(38,39)35-19-10-7-9-18(15-19)21-16-31-28(30)34-25(21)32-17(2)26-33-23-14-8-13-22(29)24(23)27(37)36(26)20-11-5-4-6-12-20/h3-17,35H,1H2,2H3,(H3,30,31,32,34)/t17-/m0/s1. The van der Waals surface area contributed by atoms with Gasteiger partial charge in [-0.2, -0.15) is 4.98 Å². The fraction of sp³-hybridized carbons (Fsp3) is 0.0714. The molecule has 10 nitrogen and oxygen atoms in total. The second-order valence-corrected chi connectivity index (χ2v) is 10.9. The van der Waals surface area contributed by atoms with Gasteiger partial charge >= 0.3 is 0 Å². The first-order valence-corrected chi connectivity index (χ1v) is 14.0. The molecule has 4 N–H and O–H groups in total. The number of halogens is 1. The highest BCUT2D eigenvalue weighted by atomic mass is 35.5. The summed E-state index contributed by atoms with van der Waals surface area (Å²) in [4.78, 5) is 27.1. The summed E-state index contributed by atoms with van der Waals surface area (Å²) in [5, 5.41) is 4.77. The summed E-state index contributed by atoms with van der Waals surface area (Å²) in [6, 6.07) is 20.5. The molecule has 12 heteroatoms. The van der Waals surface area contributed by atoms with Crippen LogP contribution in [0, 0.1) is 0 Å². The third kappa shape index (κ3) is 5.37. The largest absolute Gasteiger partial charge is 0.368 e. The molecule has 3 aromatic carbocycles. The lowest BCUT2D eigenvalue weighted by molar-refractivity contribution is 0.609. The number of sulfonamides is 1. The predicted octanol–water partition coefficient (Wildman–Crippen LogP) is 5.14. The van der Waals surface area contributed by atoms with E-state index in [4.69, 9.17) is 22.3 Å². The van der Waals surface area contributed by atoms with Gasteiger partial charge in [-0.15, -0.1) is 0 Å². The van der Waals surface area contributed by atoms with E-state index in [1.807, 2.05) is 37.3 Å². The molecule has 5 rings (SSSR count). The highest BCUT2D eigenvalue weighted by Gasteiger charge is 2.21. The fourth-order valence-corrected chi connectivity index (χ4v) is 5.06. The highest BCUT2D eigenvalue weighted by Crippen LogP contribution is 2.31. The zero-order valence-electron chi connectivity index (χ0n) is 21.2. The van der Waals surface area contributed by atoms with Crippen molar-refractivity contribution >= 4 is 50.0 Å². The summed E-state index contributed by atoms with van der Waals surface area (Å²) in [6.45, 7) is 5.16. The fourth-order valence-electron chi connectivity index (χ4n) is 4.27. The van der Waals surface area contributed by atoms with Crippen molar-refractivity contribution < 1.29 is 8.42 Å². The normalized spacial score (nSPS) is 12.2. The second kappa shape index (κ2) is 10.8. The number of nitrogens with two attached hydrogens (primary N) is 1. The first-order valence-electron chi connectivity index (χ1n) is 12.1. The van der Waals surface area contributed by atoms with Crippen LogP contribution in [-0.2, 0) is 10.0 Å². The molecule has 0 saturated heterocycles. The molecule has 0 aliphatic carbocycles. The van der Waals surface area contributed by atoms with Crippen LogP contribution in [0.1, 0.15) is 18.8 Å². The zero-order valence-corrected chi connectivity index (χ0v) is 22.8.